The Morgan fingerprint density at radius 1 is 1.11 bits per heavy atom. The second-order valence-electron chi connectivity index (χ2n) is 6.33. The highest BCUT2D eigenvalue weighted by atomic mass is 127. The molecule has 0 fully saturated rings. The molecule has 0 unspecified atom stereocenters. The molecular weight excluding hydrogens is 485 g/mol. The molecule has 1 amide bonds. The smallest absolute Gasteiger partial charge is 0.251 e. The van der Waals surface area contributed by atoms with Crippen LogP contribution < -0.4 is 16.0 Å². The van der Waals surface area contributed by atoms with E-state index in [-0.39, 0.29) is 29.9 Å². The van der Waals surface area contributed by atoms with Gasteiger partial charge in [0.1, 0.15) is 0 Å². The zero-order chi connectivity index (χ0) is 19.6. The Hall–Kier alpha value is -1.68. The molecule has 0 spiro atoms. The Morgan fingerprint density at radius 3 is 2.36 bits per heavy atom. The molecule has 28 heavy (non-hydrogen) atoms. The number of nitrogens with one attached hydrogen (secondary N) is 3. The number of aliphatic imine (C=N–C) groups is 1. The predicted molar refractivity (Wildman–Crippen MR) is 128 cm³/mol. The van der Waals surface area contributed by atoms with Gasteiger partial charge in [0, 0.05) is 30.6 Å². The van der Waals surface area contributed by atoms with E-state index in [1.807, 2.05) is 38.1 Å². The highest BCUT2D eigenvalue weighted by molar-refractivity contribution is 14.0. The van der Waals surface area contributed by atoms with Crippen LogP contribution in [0.2, 0.25) is 0 Å². The normalized spacial score (nSPS) is 10.9. The molecule has 1 heterocycles. The van der Waals surface area contributed by atoms with E-state index in [0.717, 1.165) is 41.6 Å². The molecule has 6 nitrogen and oxygen atoms in total. The van der Waals surface area contributed by atoms with Gasteiger partial charge in [0.2, 0.25) is 0 Å². The van der Waals surface area contributed by atoms with Crippen LogP contribution in [0.25, 0.3) is 0 Å². The zero-order valence-electron chi connectivity index (χ0n) is 17.0. The number of halogens is 1. The van der Waals surface area contributed by atoms with E-state index in [1.165, 1.54) is 4.88 Å². The van der Waals surface area contributed by atoms with Gasteiger partial charge in [-0.15, -0.1) is 35.3 Å². The predicted octanol–water partition coefficient (Wildman–Crippen LogP) is 3.77. The van der Waals surface area contributed by atoms with Gasteiger partial charge in [-0.3, -0.25) is 9.79 Å². The number of hydrogen-bond acceptors (Lipinski definition) is 4. The summed E-state index contributed by atoms with van der Waals surface area (Å²) in [7, 11) is 1.75. The van der Waals surface area contributed by atoms with Crippen molar-refractivity contribution in [1.82, 2.24) is 20.9 Å². The van der Waals surface area contributed by atoms with Crippen LogP contribution in [0, 0.1) is 13.8 Å². The SMILES string of the molecule is CCCCNC(=O)c1ccc(CNC(=NC)NCc2sc(C)nc2C)cc1.I. The number of aryl methyl sites for hydroxylation is 2. The topological polar surface area (TPSA) is 78.4 Å². The van der Waals surface area contributed by atoms with E-state index in [9.17, 15) is 4.79 Å². The third kappa shape index (κ3) is 7.75. The fourth-order valence-electron chi connectivity index (χ4n) is 2.56. The standard InChI is InChI=1S/C20H29N5OS.HI/c1-5-6-11-22-19(26)17-9-7-16(8-10-17)12-23-20(21-4)24-13-18-14(2)25-15(3)27-18;/h7-10H,5-6,11-13H2,1-4H3,(H,22,26)(H2,21,23,24);1H. The van der Waals surface area contributed by atoms with Crippen LogP contribution >= 0.6 is 35.3 Å². The van der Waals surface area contributed by atoms with Gasteiger partial charge < -0.3 is 16.0 Å². The van der Waals surface area contributed by atoms with Crippen molar-refractivity contribution in [2.75, 3.05) is 13.6 Å². The molecule has 3 N–H and O–H groups in total. The van der Waals surface area contributed by atoms with Gasteiger partial charge in [-0.25, -0.2) is 4.98 Å². The average Bonchev–Trinajstić information content (AvgIpc) is 2.99. The minimum atomic E-state index is -0.0179. The number of hydrogen-bond donors (Lipinski definition) is 3. The zero-order valence-corrected chi connectivity index (χ0v) is 20.1. The number of benzene rings is 1. The third-order valence-corrected chi connectivity index (χ3v) is 5.20. The lowest BCUT2D eigenvalue weighted by atomic mass is 10.1. The van der Waals surface area contributed by atoms with Crippen LogP contribution in [0.3, 0.4) is 0 Å². The van der Waals surface area contributed by atoms with E-state index in [4.69, 9.17) is 0 Å². The second-order valence-corrected chi connectivity index (χ2v) is 7.61. The lowest BCUT2D eigenvalue weighted by Crippen LogP contribution is -2.36. The Balaban J connectivity index is 0.00000392. The van der Waals surface area contributed by atoms with Crippen molar-refractivity contribution < 1.29 is 4.79 Å². The Labute approximate surface area is 188 Å². The van der Waals surface area contributed by atoms with Crippen molar-refractivity contribution in [3.8, 4) is 0 Å². The molecule has 8 heteroatoms. The second kappa shape index (κ2) is 12.7. The van der Waals surface area contributed by atoms with Crippen LogP contribution in [0.4, 0.5) is 0 Å². The highest BCUT2D eigenvalue weighted by Crippen LogP contribution is 2.16. The van der Waals surface area contributed by atoms with E-state index in [2.05, 4.69) is 32.9 Å². The minimum Gasteiger partial charge on any atom is -0.352 e. The summed E-state index contributed by atoms with van der Waals surface area (Å²) in [6, 6.07) is 7.65. The average molecular weight is 515 g/mol. The summed E-state index contributed by atoms with van der Waals surface area (Å²) in [5.41, 5.74) is 2.84. The van der Waals surface area contributed by atoms with Crippen LogP contribution in [0.15, 0.2) is 29.3 Å². The maximum absolute atomic E-state index is 12.0. The molecule has 0 aliphatic rings. The van der Waals surface area contributed by atoms with Gasteiger partial charge in [-0.05, 0) is 38.0 Å². The molecular formula is C20H30IN5OS. The number of carbonyl (C=O) groups excluding carboxylic acids is 1. The maximum Gasteiger partial charge on any atom is 0.251 e. The molecule has 2 rings (SSSR count). The summed E-state index contributed by atoms with van der Waals surface area (Å²) in [4.78, 5) is 21.9. The lowest BCUT2D eigenvalue weighted by molar-refractivity contribution is 0.0953. The van der Waals surface area contributed by atoms with Gasteiger partial charge in [-0.1, -0.05) is 25.5 Å². The van der Waals surface area contributed by atoms with Crippen molar-refractivity contribution in [3.63, 3.8) is 0 Å². The highest BCUT2D eigenvalue weighted by Gasteiger charge is 2.07. The summed E-state index contributed by atoms with van der Waals surface area (Å²) < 4.78 is 0. The molecule has 0 bridgehead atoms. The molecule has 1 aromatic carbocycles. The summed E-state index contributed by atoms with van der Waals surface area (Å²) >= 11 is 1.70. The summed E-state index contributed by atoms with van der Waals surface area (Å²) in [6.07, 6.45) is 2.07. The molecule has 0 saturated heterocycles. The van der Waals surface area contributed by atoms with Crippen molar-refractivity contribution in [1.29, 1.82) is 0 Å². The number of carbonyl (C=O) groups is 1. The number of nitrogens with zero attached hydrogens (tertiary/aromatic N) is 2. The monoisotopic (exact) mass is 515 g/mol. The number of aromatic nitrogens is 1. The molecule has 0 radical (unpaired) electrons. The first-order chi connectivity index (χ1) is 13.0. The molecule has 154 valence electrons. The largest absolute Gasteiger partial charge is 0.352 e. The first-order valence-corrected chi connectivity index (χ1v) is 10.1. The van der Waals surface area contributed by atoms with Gasteiger partial charge in [-0.2, -0.15) is 0 Å². The summed E-state index contributed by atoms with van der Waals surface area (Å²) in [5, 5.41) is 10.6. The van der Waals surface area contributed by atoms with Gasteiger partial charge >= 0.3 is 0 Å². The fourth-order valence-corrected chi connectivity index (χ4v) is 3.44. The number of guanidine groups is 1. The minimum absolute atomic E-state index is 0. The summed E-state index contributed by atoms with van der Waals surface area (Å²) in [6.45, 7) is 8.21. The van der Waals surface area contributed by atoms with Gasteiger partial charge in [0.25, 0.3) is 5.91 Å². The molecule has 0 saturated carbocycles. The first-order valence-electron chi connectivity index (χ1n) is 9.28. The molecule has 2 aromatic rings. The Bertz CT molecular complexity index is 773. The maximum atomic E-state index is 12.0. The van der Waals surface area contributed by atoms with Gasteiger partial charge in [0.15, 0.2) is 5.96 Å². The van der Waals surface area contributed by atoms with Crippen LogP contribution in [-0.4, -0.2) is 30.4 Å². The van der Waals surface area contributed by atoms with E-state index >= 15 is 0 Å². The molecule has 0 aliphatic carbocycles. The Morgan fingerprint density at radius 2 is 1.79 bits per heavy atom. The number of rotatable bonds is 8. The van der Waals surface area contributed by atoms with Crippen LogP contribution in [0.5, 0.6) is 0 Å². The van der Waals surface area contributed by atoms with E-state index in [1.54, 1.807) is 18.4 Å². The Kier molecular flexibility index (Phi) is 11.1. The van der Waals surface area contributed by atoms with Crippen molar-refractivity contribution in [3.05, 3.63) is 51.0 Å². The van der Waals surface area contributed by atoms with Gasteiger partial charge in [0.05, 0.1) is 17.2 Å². The van der Waals surface area contributed by atoms with Crippen molar-refractivity contribution in [2.45, 2.75) is 46.7 Å². The fraction of sp³-hybridized carbons (Fsp3) is 0.450. The van der Waals surface area contributed by atoms with E-state index in [0.29, 0.717) is 18.7 Å². The van der Waals surface area contributed by atoms with Crippen LogP contribution in [0.1, 0.15) is 51.3 Å². The quantitative estimate of drug-likeness (QED) is 0.217. The molecule has 0 aliphatic heterocycles. The molecule has 1 aromatic heterocycles. The van der Waals surface area contributed by atoms with Crippen molar-refractivity contribution >= 4 is 47.2 Å². The van der Waals surface area contributed by atoms with Crippen LogP contribution in [-0.2, 0) is 13.1 Å². The number of amides is 1. The number of unbranched alkanes of at least 4 members (excludes halogenated alkanes) is 1. The lowest BCUT2D eigenvalue weighted by Gasteiger charge is -2.12. The first kappa shape index (κ1) is 24.4. The van der Waals surface area contributed by atoms with Crippen molar-refractivity contribution in [2.24, 2.45) is 4.99 Å². The third-order valence-electron chi connectivity index (χ3n) is 4.13. The number of thiazole rings is 1. The molecule has 0 atom stereocenters. The van der Waals surface area contributed by atoms with E-state index < -0.39 is 0 Å². The summed E-state index contributed by atoms with van der Waals surface area (Å²) in [5.74, 6) is 0.720.